The Hall–Kier alpha value is -1.35. The Bertz CT molecular complexity index is 391. The molecule has 2 atom stereocenters. The predicted octanol–water partition coefficient (Wildman–Crippen LogP) is 2.76. The van der Waals surface area contributed by atoms with Crippen LogP contribution in [0.3, 0.4) is 0 Å². The van der Waals surface area contributed by atoms with Gasteiger partial charge < -0.3 is 5.11 Å². The Morgan fingerprint density at radius 3 is 2.78 bits per heavy atom. The number of hydrogen-bond donors (Lipinski definition) is 1. The molecule has 18 heavy (non-hydrogen) atoms. The minimum absolute atomic E-state index is 0.292. The van der Waals surface area contributed by atoms with Gasteiger partial charge in [0.2, 0.25) is 0 Å². The lowest BCUT2D eigenvalue weighted by molar-refractivity contribution is -0.139. The summed E-state index contributed by atoms with van der Waals surface area (Å²) in [5.74, 6) is -0.381. The van der Waals surface area contributed by atoms with Crippen molar-refractivity contribution >= 4 is 5.97 Å². The summed E-state index contributed by atoms with van der Waals surface area (Å²) in [6, 6.07) is 10.8. The lowest BCUT2D eigenvalue weighted by Crippen LogP contribution is -2.43. The number of rotatable bonds is 4. The Labute approximate surface area is 108 Å². The molecule has 1 saturated heterocycles. The Balaban J connectivity index is 1.98. The number of carbonyl (C=O) groups is 1. The Morgan fingerprint density at radius 2 is 2.11 bits per heavy atom. The third-order valence-corrected chi connectivity index (χ3v) is 3.94. The van der Waals surface area contributed by atoms with Crippen LogP contribution in [0.5, 0.6) is 0 Å². The number of likely N-dealkylation sites (tertiary alicyclic amines) is 1. The predicted molar refractivity (Wildman–Crippen MR) is 71.3 cm³/mol. The van der Waals surface area contributed by atoms with Gasteiger partial charge in [0.05, 0.1) is 0 Å². The monoisotopic (exact) mass is 247 g/mol. The maximum atomic E-state index is 10.9. The van der Waals surface area contributed by atoms with Crippen molar-refractivity contribution in [3.63, 3.8) is 0 Å². The number of aliphatic carboxylic acids is 1. The van der Waals surface area contributed by atoms with Gasteiger partial charge in [-0.2, -0.15) is 0 Å². The van der Waals surface area contributed by atoms with Crippen LogP contribution in [0.1, 0.15) is 31.7 Å². The molecule has 3 heteroatoms. The van der Waals surface area contributed by atoms with Crippen molar-refractivity contribution in [1.82, 2.24) is 4.90 Å². The van der Waals surface area contributed by atoms with Crippen molar-refractivity contribution in [3.05, 3.63) is 35.9 Å². The van der Waals surface area contributed by atoms with Crippen molar-refractivity contribution < 1.29 is 9.90 Å². The van der Waals surface area contributed by atoms with Gasteiger partial charge in [-0.1, -0.05) is 30.3 Å². The molecule has 1 N–H and O–H groups in total. The van der Waals surface area contributed by atoms with Crippen LogP contribution in [0.25, 0.3) is 0 Å². The summed E-state index contributed by atoms with van der Waals surface area (Å²) in [5, 5.41) is 8.94. The number of benzene rings is 1. The molecule has 0 spiro atoms. The van der Waals surface area contributed by atoms with Crippen LogP contribution in [0, 0.1) is 5.92 Å². The molecule has 0 saturated carbocycles. The molecule has 0 aromatic heterocycles. The highest BCUT2D eigenvalue weighted by Gasteiger charge is 2.29. The van der Waals surface area contributed by atoms with E-state index in [1.807, 2.05) is 6.07 Å². The lowest BCUT2D eigenvalue weighted by Gasteiger charge is -2.39. The highest BCUT2D eigenvalue weighted by atomic mass is 16.4. The Kier molecular flexibility index (Phi) is 4.37. The van der Waals surface area contributed by atoms with Crippen molar-refractivity contribution in [2.24, 2.45) is 5.92 Å². The van der Waals surface area contributed by atoms with Crippen LogP contribution in [0.4, 0.5) is 0 Å². The molecular formula is C15H21NO2. The van der Waals surface area contributed by atoms with E-state index >= 15 is 0 Å². The molecule has 1 aromatic rings. The van der Waals surface area contributed by atoms with Gasteiger partial charge in [0, 0.05) is 19.0 Å². The Morgan fingerprint density at radius 1 is 1.39 bits per heavy atom. The van der Waals surface area contributed by atoms with Gasteiger partial charge in [0.25, 0.3) is 0 Å². The van der Waals surface area contributed by atoms with E-state index in [0.29, 0.717) is 18.4 Å². The van der Waals surface area contributed by atoms with Crippen molar-refractivity contribution in [1.29, 1.82) is 0 Å². The summed E-state index contributed by atoms with van der Waals surface area (Å²) in [6.07, 6.45) is 2.44. The van der Waals surface area contributed by atoms with Gasteiger partial charge in [0.15, 0.2) is 0 Å². The third-order valence-electron chi connectivity index (χ3n) is 3.94. The largest absolute Gasteiger partial charge is 0.481 e. The first-order valence-corrected chi connectivity index (χ1v) is 6.66. The molecule has 3 nitrogen and oxygen atoms in total. The molecule has 2 rings (SSSR count). The molecular weight excluding hydrogens is 226 g/mol. The molecule has 1 fully saturated rings. The minimum Gasteiger partial charge on any atom is -0.481 e. The summed E-state index contributed by atoms with van der Waals surface area (Å²) >= 11 is 0. The van der Waals surface area contributed by atoms with Gasteiger partial charge in [-0.15, -0.1) is 0 Å². The van der Waals surface area contributed by atoms with Crippen molar-refractivity contribution in [3.8, 4) is 0 Å². The second-order valence-corrected chi connectivity index (χ2v) is 5.20. The van der Waals surface area contributed by atoms with Crippen molar-refractivity contribution in [2.75, 3.05) is 6.54 Å². The first kappa shape index (κ1) is 13.1. The van der Waals surface area contributed by atoms with E-state index < -0.39 is 5.97 Å². The zero-order valence-corrected chi connectivity index (χ0v) is 10.9. The van der Waals surface area contributed by atoms with Crippen molar-refractivity contribution in [2.45, 2.75) is 38.8 Å². The van der Waals surface area contributed by atoms with Crippen LogP contribution in [0.2, 0.25) is 0 Å². The second-order valence-electron chi connectivity index (χ2n) is 5.20. The maximum absolute atomic E-state index is 10.9. The molecule has 0 amide bonds. The van der Waals surface area contributed by atoms with E-state index in [9.17, 15) is 4.79 Å². The summed E-state index contributed by atoms with van der Waals surface area (Å²) in [4.78, 5) is 13.3. The normalized spacial score (nSPS) is 24.9. The number of carboxylic acids is 1. The SMILES string of the molecule is CC1C(CC(=O)O)CCCN1Cc1ccccc1. The van der Waals surface area contributed by atoms with E-state index in [-0.39, 0.29) is 0 Å². The molecule has 0 radical (unpaired) electrons. The summed E-state index contributed by atoms with van der Waals surface area (Å²) < 4.78 is 0. The zero-order valence-electron chi connectivity index (χ0n) is 10.9. The molecule has 1 heterocycles. The topological polar surface area (TPSA) is 40.5 Å². The van der Waals surface area contributed by atoms with Gasteiger partial charge >= 0.3 is 5.97 Å². The van der Waals surface area contributed by atoms with E-state index in [4.69, 9.17) is 5.11 Å². The number of nitrogens with zero attached hydrogens (tertiary/aromatic N) is 1. The maximum Gasteiger partial charge on any atom is 0.303 e. The third kappa shape index (κ3) is 3.33. The van der Waals surface area contributed by atoms with Gasteiger partial charge in [0.1, 0.15) is 0 Å². The van der Waals surface area contributed by atoms with Crippen LogP contribution >= 0.6 is 0 Å². The quantitative estimate of drug-likeness (QED) is 0.889. The second kappa shape index (κ2) is 6.01. The van der Waals surface area contributed by atoms with E-state index in [1.165, 1.54) is 5.56 Å². The average Bonchev–Trinajstić information content (AvgIpc) is 2.35. The number of piperidine rings is 1. The molecule has 0 aliphatic carbocycles. The smallest absolute Gasteiger partial charge is 0.303 e. The van der Waals surface area contributed by atoms with Crippen LogP contribution in [-0.2, 0) is 11.3 Å². The fourth-order valence-electron chi connectivity index (χ4n) is 2.84. The molecule has 98 valence electrons. The highest BCUT2D eigenvalue weighted by Crippen LogP contribution is 2.27. The summed E-state index contributed by atoms with van der Waals surface area (Å²) in [6.45, 7) is 4.17. The van der Waals surface area contributed by atoms with Gasteiger partial charge in [-0.05, 0) is 37.8 Å². The summed E-state index contributed by atoms with van der Waals surface area (Å²) in [5.41, 5.74) is 1.31. The minimum atomic E-state index is -0.673. The highest BCUT2D eigenvalue weighted by molar-refractivity contribution is 5.67. The standard InChI is InChI=1S/C15H21NO2/c1-12-14(10-15(17)18)8-5-9-16(12)11-13-6-3-2-4-7-13/h2-4,6-7,12,14H,5,8-11H2,1H3,(H,17,18). The van der Waals surface area contributed by atoms with E-state index in [0.717, 1.165) is 25.9 Å². The molecule has 1 aliphatic heterocycles. The van der Waals surface area contributed by atoms with Crippen LogP contribution in [0.15, 0.2) is 30.3 Å². The fourth-order valence-corrected chi connectivity index (χ4v) is 2.84. The fraction of sp³-hybridized carbons (Fsp3) is 0.533. The summed E-state index contributed by atoms with van der Waals surface area (Å²) in [7, 11) is 0. The zero-order chi connectivity index (χ0) is 13.0. The lowest BCUT2D eigenvalue weighted by atomic mass is 9.87. The molecule has 2 unspecified atom stereocenters. The van der Waals surface area contributed by atoms with Crippen LogP contribution in [-0.4, -0.2) is 28.6 Å². The first-order valence-electron chi connectivity index (χ1n) is 6.66. The molecule has 1 aromatic carbocycles. The van der Waals surface area contributed by atoms with E-state index in [2.05, 4.69) is 36.1 Å². The molecule has 1 aliphatic rings. The molecule has 0 bridgehead atoms. The number of hydrogen-bond acceptors (Lipinski definition) is 2. The average molecular weight is 247 g/mol. The first-order chi connectivity index (χ1) is 8.66. The van der Waals surface area contributed by atoms with E-state index in [1.54, 1.807) is 0 Å². The van der Waals surface area contributed by atoms with Crippen LogP contribution < -0.4 is 0 Å². The van der Waals surface area contributed by atoms with Gasteiger partial charge in [-0.25, -0.2) is 0 Å². The number of carboxylic acid groups (broad SMARTS) is 1. The van der Waals surface area contributed by atoms with Gasteiger partial charge in [-0.3, -0.25) is 9.69 Å².